The smallest absolute Gasteiger partial charge is 0.271 e. The molecule has 174 valence electrons. The molecule has 0 aromatic carbocycles. The number of carbonyl (C=O) groups excluding carboxylic acids is 1. The number of rotatable bonds is 6. The van der Waals surface area contributed by atoms with E-state index < -0.39 is 0 Å². The number of morpholine rings is 1. The minimum atomic E-state index is -0.239. The van der Waals surface area contributed by atoms with Gasteiger partial charge in [-0.15, -0.1) is 0 Å². The molecule has 2 saturated heterocycles. The summed E-state index contributed by atoms with van der Waals surface area (Å²) >= 11 is 0. The lowest BCUT2D eigenvalue weighted by molar-refractivity contribution is -0.131. The Morgan fingerprint density at radius 3 is 2.91 bits per heavy atom. The van der Waals surface area contributed by atoms with Crippen LogP contribution in [0, 0.1) is 18.3 Å². The van der Waals surface area contributed by atoms with Crippen LogP contribution in [0.15, 0.2) is 23.1 Å². The molecule has 0 saturated carbocycles. The number of anilines is 4. The Hall–Kier alpha value is -3.65. The molecule has 11 nitrogen and oxygen atoms in total. The van der Waals surface area contributed by atoms with Gasteiger partial charge < -0.3 is 30.2 Å². The van der Waals surface area contributed by atoms with Crippen molar-refractivity contribution in [3.8, 4) is 6.07 Å². The van der Waals surface area contributed by atoms with E-state index in [2.05, 4.69) is 25.5 Å². The molecule has 1 amide bonds. The third-order valence-corrected chi connectivity index (χ3v) is 5.84. The molecule has 4 heterocycles. The van der Waals surface area contributed by atoms with E-state index in [4.69, 9.17) is 15.0 Å². The molecular formula is C22H28N8O3. The maximum absolute atomic E-state index is 12.2. The van der Waals surface area contributed by atoms with Crippen LogP contribution in [0.4, 0.5) is 23.3 Å². The van der Waals surface area contributed by atoms with Gasteiger partial charge in [0.1, 0.15) is 23.7 Å². The van der Waals surface area contributed by atoms with Gasteiger partial charge in [-0.2, -0.15) is 15.2 Å². The Kier molecular flexibility index (Phi) is 7.04. The molecule has 11 heteroatoms. The number of ether oxygens (including phenoxy) is 1. The Morgan fingerprint density at radius 1 is 1.33 bits per heavy atom. The summed E-state index contributed by atoms with van der Waals surface area (Å²) in [5.74, 6) is 1.59. The fourth-order valence-electron chi connectivity index (χ4n) is 4.11. The summed E-state index contributed by atoms with van der Waals surface area (Å²) < 4.78 is 5.49. The van der Waals surface area contributed by atoms with Crippen LogP contribution in [-0.2, 0) is 9.53 Å². The number of likely N-dealkylation sites (tertiary alicyclic amines) is 1. The number of pyridine rings is 1. The highest BCUT2D eigenvalue weighted by atomic mass is 16.5. The molecule has 0 radical (unpaired) electrons. The number of carbonyl (C=O) groups is 1. The molecule has 0 bridgehead atoms. The van der Waals surface area contributed by atoms with Crippen molar-refractivity contribution in [2.45, 2.75) is 32.2 Å². The second-order valence-corrected chi connectivity index (χ2v) is 8.14. The van der Waals surface area contributed by atoms with Crippen LogP contribution in [0.1, 0.15) is 24.8 Å². The van der Waals surface area contributed by atoms with Crippen molar-refractivity contribution in [3.63, 3.8) is 0 Å². The van der Waals surface area contributed by atoms with Gasteiger partial charge >= 0.3 is 0 Å². The van der Waals surface area contributed by atoms with Crippen molar-refractivity contribution in [3.05, 3.63) is 34.2 Å². The summed E-state index contributed by atoms with van der Waals surface area (Å²) in [5, 5.41) is 15.4. The minimum Gasteiger partial charge on any atom is -0.378 e. The van der Waals surface area contributed by atoms with E-state index in [-0.39, 0.29) is 23.9 Å². The molecule has 3 N–H and O–H groups in total. The van der Waals surface area contributed by atoms with E-state index in [1.165, 1.54) is 0 Å². The fourth-order valence-corrected chi connectivity index (χ4v) is 4.11. The predicted octanol–water partition coefficient (Wildman–Crippen LogP) is 1.37. The number of piperidine rings is 1. The second-order valence-electron chi connectivity index (χ2n) is 8.14. The summed E-state index contributed by atoms with van der Waals surface area (Å²) in [6.07, 6.45) is 3.16. The average molecular weight is 453 g/mol. The average Bonchev–Trinajstić information content (AvgIpc) is 2.83. The molecule has 2 aromatic rings. The lowest BCUT2D eigenvalue weighted by Gasteiger charge is -2.33. The predicted molar refractivity (Wildman–Crippen MR) is 124 cm³/mol. The quantitative estimate of drug-likeness (QED) is 0.593. The lowest BCUT2D eigenvalue weighted by Crippen LogP contribution is -2.45. The maximum atomic E-state index is 12.2. The van der Waals surface area contributed by atoms with Crippen LogP contribution >= 0.6 is 0 Å². The van der Waals surface area contributed by atoms with Crippen LogP contribution in [0.5, 0.6) is 0 Å². The van der Waals surface area contributed by atoms with Gasteiger partial charge in [-0.3, -0.25) is 9.59 Å². The van der Waals surface area contributed by atoms with Crippen LogP contribution in [-0.4, -0.2) is 71.2 Å². The Labute approximate surface area is 191 Å². The SMILES string of the molecule is Cc1c(Nc2ccc[nH]c2=O)nc(N[C@@H]2CCCN(C(=O)CC#N)C2)nc1N1CCOCC1. The molecule has 0 aliphatic carbocycles. The summed E-state index contributed by atoms with van der Waals surface area (Å²) in [5.41, 5.74) is 0.987. The highest BCUT2D eigenvalue weighted by molar-refractivity contribution is 5.78. The van der Waals surface area contributed by atoms with E-state index >= 15 is 0 Å². The molecule has 2 aromatic heterocycles. The first kappa shape index (κ1) is 22.5. The molecule has 2 aliphatic heterocycles. The standard InChI is InChI=1S/C22H28N8O3/c1-15-19(26-17-5-2-8-24-21(17)32)27-22(28-20(15)29-10-12-33-13-11-29)25-16-4-3-9-30(14-16)18(31)6-7-23/h2,5,8,16H,3-4,6,9-14H2,1H3,(H,24,32)(H2,25,26,27,28)/t16-/m1/s1. The largest absolute Gasteiger partial charge is 0.378 e. The van der Waals surface area contributed by atoms with Crippen LogP contribution in [0.2, 0.25) is 0 Å². The van der Waals surface area contributed by atoms with Gasteiger partial charge in [-0.1, -0.05) is 0 Å². The van der Waals surface area contributed by atoms with Gasteiger partial charge in [0.05, 0.1) is 19.3 Å². The van der Waals surface area contributed by atoms with Gasteiger partial charge in [-0.05, 0) is 31.9 Å². The van der Waals surface area contributed by atoms with Crippen molar-refractivity contribution in [2.75, 3.05) is 54.9 Å². The summed E-state index contributed by atoms with van der Waals surface area (Å²) in [6.45, 7) is 5.72. The Balaban J connectivity index is 1.61. The highest BCUT2D eigenvalue weighted by Crippen LogP contribution is 2.28. The van der Waals surface area contributed by atoms with Crippen LogP contribution in [0.3, 0.4) is 0 Å². The van der Waals surface area contributed by atoms with Gasteiger partial charge in [0.2, 0.25) is 11.9 Å². The third-order valence-electron chi connectivity index (χ3n) is 5.84. The fraction of sp³-hybridized carbons (Fsp3) is 0.500. The highest BCUT2D eigenvalue weighted by Gasteiger charge is 2.25. The first-order valence-electron chi connectivity index (χ1n) is 11.1. The van der Waals surface area contributed by atoms with Crippen molar-refractivity contribution in [2.24, 2.45) is 0 Å². The van der Waals surface area contributed by atoms with E-state index in [1.807, 2.05) is 13.0 Å². The minimum absolute atomic E-state index is 0.0328. The number of aromatic amines is 1. The Bertz CT molecular complexity index is 1090. The number of aromatic nitrogens is 3. The number of nitrogens with zero attached hydrogens (tertiary/aromatic N) is 5. The zero-order valence-electron chi connectivity index (χ0n) is 18.6. The van der Waals surface area contributed by atoms with E-state index in [0.29, 0.717) is 56.8 Å². The number of amides is 1. The van der Waals surface area contributed by atoms with Gasteiger partial charge in [0.25, 0.3) is 5.56 Å². The van der Waals surface area contributed by atoms with E-state index in [1.54, 1.807) is 23.2 Å². The number of hydrogen-bond donors (Lipinski definition) is 3. The summed E-state index contributed by atoms with van der Waals surface area (Å²) in [4.78, 5) is 40.4. The summed E-state index contributed by atoms with van der Waals surface area (Å²) in [7, 11) is 0. The van der Waals surface area contributed by atoms with Gasteiger partial charge in [0, 0.05) is 44.0 Å². The number of nitriles is 1. The molecule has 2 aliphatic rings. The number of nitrogens with one attached hydrogen (secondary N) is 3. The van der Waals surface area contributed by atoms with Gasteiger partial charge in [-0.25, -0.2) is 0 Å². The van der Waals surface area contributed by atoms with Crippen molar-refractivity contribution < 1.29 is 9.53 Å². The topological polar surface area (TPSA) is 139 Å². The number of hydrogen-bond acceptors (Lipinski definition) is 9. The monoisotopic (exact) mass is 452 g/mol. The van der Waals surface area contributed by atoms with Crippen molar-refractivity contribution >= 4 is 29.2 Å². The lowest BCUT2D eigenvalue weighted by atomic mass is 10.1. The molecule has 2 fully saturated rings. The molecule has 4 rings (SSSR count). The molecule has 33 heavy (non-hydrogen) atoms. The number of H-pyrrole nitrogens is 1. The van der Waals surface area contributed by atoms with Crippen LogP contribution < -0.4 is 21.1 Å². The van der Waals surface area contributed by atoms with Crippen molar-refractivity contribution in [1.82, 2.24) is 19.9 Å². The van der Waals surface area contributed by atoms with E-state index in [0.717, 1.165) is 24.2 Å². The van der Waals surface area contributed by atoms with Crippen LogP contribution in [0.25, 0.3) is 0 Å². The molecule has 0 unspecified atom stereocenters. The van der Waals surface area contributed by atoms with Gasteiger partial charge in [0.15, 0.2) is 0 Å². The zero-order chi connectivity index (χ0) is 23.2. The third kappa shape index (κ3) is 5.40. The first-order chi connectivity index (χ1) is 16.0. The normalized spacial score (nSPS) is 18.5. The zero-order valence-corrected chi connectivity index (χ0v) is 18.6. The van der Waals surface area contributed by atoms with Crippen molar-refractivity contribution in [1.29, 1.82) is 5.26 Å². The Morgan fingerprint density at radius 2 is 2.15 bits per heavy atom. The van der Waals surface area contributed by atoms with E-state index in [9.17, 15) is 9.59 Å². The summed E-state index contributed by atoms with van der Waals surface area (Å²) in [6, 6.07) is 5.34. The molecular weight excluding hydrogens is 424 g/mol. The molecule has 0 spiro atoms. The second kappa shape index (κ2) is 10.3. The first-order valence-corrected chi connectivity index (χ1v) is 11.1. The molecule has 1 atom stereocenters. The maximum Gasteiger partial charge on any atom is 0.271 e.